The Morgan fingerprint density at radius 3 is 2.62 bits per heavy atom. The standard InChI is InChI=1S/C17H26N4/c1-14-15(21-12-8-5-9-16(21)19-14)13-17(2,18)20-10-6-3-4-7-11-20/h5,8-9,12H,3-4,6-7,10-11,13,18H2,1-2H3. The van der Waals surface area contributed by atoms with Crippen LogP contribution in [-0.4, -0.2) is 33.0 Å². The second kappa shape index (κ2) is 5.78. The van der Waals surface area contributed by atoms with E-state index in [9.17, 15) is 0 Å². The molecule has 4 nitrogen and oxygen atoms in total. The van der Waals surface area contributed by atoms with Gasteiger partial charge in [0.15, 0.2) is 0 Å². The smallest absolute Gasteiger partial charge is 0.137 e. The fourth-order valence-electron chi connectivity index (χ4n) is 3.41. The molecular weight excluding hydrogens is 260 g/mol. The van der Waals surface area contributed by atoms with E-state index in [4.69, 9.17) is 5.73 Å². The molecule has 1 saturated heterocycles. The van der Waals surface area contributed by atoms with Crippen LogP contribution in [0.5, 0.6) is 0 Å². The van der Waals surface area contributed by atoms with Crippen LogP contribution in [0.3, 0.4) is 0 Å². The Morgan fingerprint density at radius 2 is 1.90 bits per heavy atom. The molecular formula is C17H26N4. The maximum Gasteiger partial charge on any atom is 0.137 e. The zero-order valence-electron chi connectivity index (χ0n) is 13.2. The number of fused-ring (bicyclic) bond motifs is 1. The molecule has 2 N–H and O–H groups in total. The maximum absolute atomic E-state index is 6.70. The summed E-state index contributed by atoms with van der Waals surface area (Å²) >= 11 is 0. The van der Waals surface area contributed by atoms with Crippen molar-refractivity contribution in [2.75, 3.05) is 13.1 Å². The lowest BCUT2D eigenvalue weighted by Crippen LogP contribution is -2.55. The monoisotopic (exact) mass is 286 g/mol. The number of aryl methyl sites for hydroxylation is 1. The largest absolute Gasteiger partial charge is 0.313 e. The van der Waals surface area contributed by atoms with Gasteiger partial charge in [0.05, 0.1) is 11.4 Å². The highest BCUT2D eigenvalue weighted by Gasteiger charge is 2.30. The van der Waals surface area contributed by atoms with Crippen molar-refractivity contribution >= 4 is 5.65 Å². The number of nitrogens with two attached hydrogens (primary N) is 1. The van der Waals surface area contributed by atoms with Gasteiger partial charge in [0.2, 0.25) is 0 Å². The quantitative estimate of drug-likeness (QED) is 0.943. The molecule has 4 heteroatoms. The molecule has 1 atom stereocenters. The van der Waals surface area contributed by atoms with Crippen molar-refractivity contribution in [1.82, 2.24) is 14.3 Å². The molecule has 2 aromatic rings. The molecule has 0 radical (unpaired) electrons. The van der Waals surface area contributed by atoms with E-state index in [2.05, 4.69) is 46.5 Å². The van der Waals surface area contributed by atoms with E-state index >= 15 is 0 Å². The second-order valence-corrected chi connectivity index (χ2v) is 6.51. The van der Waals surface area contributed by atoms with Crippen LogP contribution in [0, 0.1) is 6.92 Å². The predicted molar refractivity (Wildman–Crippen MR) is 86.3 cm³/mol. The molecule has 2 aromatic heterocycles. The molecule has 1 aliphatic heterocycles. The molecule has 0 bridgehead atoms. The van der Waals surface area contributed by atoms with Crippen molar-refractivity contribution in [3.63, 3.8) is 0 Å². The van der Waals surface area contributed by atoms with Crippen LogP contribution in [0.2, 0.25) is 0 Å². The Balaban J connectivity index is 1.87. The van der Waals surface area contributed by atoms with Crippen LogP contribution in [0.25, 0.3) is 5.65 Å². The zero-order chi connectivity index (χ0) is 14.9. The molecule has 0 spiro atoms. The van der Waals surface area contributed by atoms with E-state index in [1.807, 2.05) is 6.07 Å². The van der Waals surface area contributed by atoms with Crippen molar-refractivity contribution in [2.45, 2.75) is 51.6 Å². The molecule has 3 rings (SSSR count). The minimum absolute atomic E-state index is 0.305. The van der Waals surface area contributed by atoms with Gasteiger partial charge in [0.1, 0.15) is 5.65 Å². The summed E-state index contributed by atoms with van der Waals surface area (Å²) in [6, 6.07) is 6.13. The van der Waals surface area contributed by atoms with Crippen LogP contribution < -0.4 is 5.73 Å². The van der Waals surface area contributed by atoms with Gasteiger partial charge in [0, 0.05) is 18.3 Å². The van der Waals surface area contributed by atoms with E-state index in [0.29, 0.717) is 0 Å². The molecule has 0 saturated carbocycles. The van der Waals surface area contributed by atoms with Crippen LogP contribution >= 0.6 is 0 Å². The Bertz CT molecular complexity index is 606. The maximum atomic E-state index is 6.70. The first-order chi connectivity index (χ1) is 10.1. The molecule has 1 unspecified atom stereocenters. The summed E-state index contributed by atoms with van der Waals surface area (Å²) < 4.78 is 2.18. The molecule has 3 heterocycles. The first kappa shape index (κ1) is 14.5. The van der Waals surface area contributed by atoms with Gasteiger partial charge in [-0.15, -0.1) is 0 Å². The number of pyridine rings is 1. The minimum atomic E-state index is -0.305. The van der Waals surface area contributed by atoms with Gasteiger partial charge in [-0.3, -0.25) is 4.90 Å². The third-order valence-electron chi connectivity index (χ3n) is 4.68. The summed E-state index contributed by atoms with van der Waals surface area (Å²) in [6.45, 7) is 6.48. The number of imidazole rings is 1. The third kappa shape index (κ3) is 2.97. The first-order valence-corrected chi connectivity index (χ1v) is 8.04. The van der Waals surface area contributed by atoms with Crippen molar-refractivity contribution in [1.29, 1.82) is 0 Å². The minimum Gasteiger partial charge on any atom is -0.313 e. The van der Waals surface area contributed by atoms with Gasteiger partial charge in [-0.25, -0.2) is 4.98 Å². The second-order valence-electron chi connectivity index (χ2n) is 6.51. The number of aromatic nitrogens is 2. The molecule has 0 aromatic carbocycles. The SMILES string of the molecule is Cc1nc2ccccn2c1CC(C)(N)N1CCCCCC1. The van der Waals surface area contributed by atoms with Crippen LogP contribution in [-0.2, 0) is 6.42 Å². The van der Waals surface area contributed by atoms with Gasteiger partial charge < -0.3 is 10.1 Å². The first-order valence-electron chi connectivity index (χ1n) is 8.04. The van der Waals surface area contributed by atoms with Crippen LogP contribution in [0.1, 0.15) is 44.0 Å². The summed E-state index contributed by atoms with van der Waals surface area (Å²) in [5, 5.41) is 0. The van der Waals surface area contributed by atoms with E-state index in [0.717, 1.165) is 30.9 Å². The zero-order valence-corrected chi connectivity index (χ0v) is 13.2. The van der Waals surface area contributed by atoms with Gasteiger partial charge in [0.25, 0.3) is 0 Å². The van der Waals surface area contributed by atoms with Crippen molar-refractivity contribution in [2.24, 2.45) is 5.73 Å². The van der Waals surface area contributed by atoms with Crippen LogP contribution in [0.4, 0.5) is 0 Å². The number of hydrogen-bond acceptors (Lipinski definition) is 3. The average Bonchev–Trinajstić information content (AvgIpc) is 2.67. The lowest BCUT2D eigenvalue weighted by Gasteiger charge is -2.37. The predicted octanol–water partition coefficient (Wildman–Crippen LogP) is 2.74. The van der Waals surface area contributed by atoms with Crippen molar-refractivity contribution in [3.05, 3.63) is 35.8 Å². The van der Waals surface area contributed by atoms with Gasteiger partial charge >= 0.3 is 0 Å². The van der Waals surface area contributed by atoms with E-state index in [1.165, 1.54) is 31.4 Å². The van der Waals surface area contributed by atoms with E-state index in [1.54, 1.807) is 0 Å². The lowest BCUT2D eigenvalue weighted by atomic mass is 10.0. The van der Waals surface area contributed by atoms with Crippen molar-refractivity contribution in [3.8, 4) is 0 Å². The normalized spacial score (nSPS) is 20.3. The van der Waals surface area contributed by atoms with Gasteiger partial charge in [-0.2, -0.15) is 0 Å². The number of rotatable bonds is 3. The molecule has 21 heavy (non-hydrogen) atoms. The molecule has 0 aliphatic carbocycles. The Hall–Kier alpha value is -1.39. The van der Waals surface area contributed by atoms with Crippen molar-refractivity contribution < 1.29 is 0 Å². The third-order valence-corrected chi connectivity index (χ3v) is 4.68. The highest BCUT2D eigenvalue weighted by molar-refractivity contribution is 5.43. The summed E-state index contributed by atoms with van der Waals surface area (Å²) in [4.78, 5) is 7.11. The van der Waals surface area contributed by atoms with Crippen LogP contribution in [0.15, 0.2) is 24.4 Å². The summed E-state index contributed by atoms with van der Waals surface area (Å²) in [7, 11) is 0. The summed E-state index contributed by atoms with van der Waals surface area (Å²) in [6.07, 6.45) is 8.12. The highest BCUT2D eigenvalue weighted by Crippen LogP contribution is 2.22. The summed E-state index contributed by atoms with van der Waals surface area (Å²) in [5.41, 5.74) is 9.73. The molecule has 114 valence electrons. The van der Waals surface area contributed by atoms with Gasteiger partial charge in [-0.1, -0.05) is 18.9 Å². The fraction of sp³-hybridized carbons (Fsp3) is 0.588. The summed E-state index contributed by atoms with van der Waals surface area (Å²) in [5.74, 6) is 0. The molecule has 1 fully saturated rings. The lowest BCUT2D eigenvalue weighted by molar-refractivity contribution is 0.112. The Labute approximate surface area is 127 Å². The highest BCUT2D eigenvalue weighted by atomic mass is 15.3. The molecule has 1 aliphatic rings. The number of likely N-dealkylation sites (tertiary alicyclic amines) is 1. The molecule has 0 amide bonds. The fourth-order valence-corrected chi connectivity index (χ4v) is 3.41. The number of nitrogens with zero attached hydrogens (tertiary/aromatic N) is 3. The Kier molecular flexibility index (Phi) is 4.00. The topological polar surface area (TPSA) is 46.6 Å². The average molecular weight is 286 g/mol. The van der Waals surface area contributed by atoms with E-state index < -0.39 is 0 Å². The number of hydrogen-bond donors (Lipinski definition) is 1. The van der Waals surface area contributed by atoms with E-state index in [-0.39, 0.29) is 5.66 Å². The Morgan fingerprint density at radius 1 is 1.19 bits per heavy atom. The van der Waals surface area contributed by atoms with Gasteiger partial charge in [-0.05, 0) is 51.9 Å².